The molecule has 1 rings (SSSR count). The Hall–Kier alpha value is -1.23. The van der Waals surface area contributed by atoms with E-state index in [0.717, 1.165) is 0 Å². The maximum absolute atomic E-state index is 11.1. The minimum absolute atomic E-state index is 0.258. The Morgan fingerprint density at radius 1 is 1.54 bits per heavy atom. The summed E-state index contributed by atoms with van der Waals surface area (Å²) >= 11 is 0. The standard InChI is InChI=1S/C8H13N3O2/c1-5-7(12)10-6(3-4-9-2)11-8(5)13/h5,9H,3-4H2,1-2H3,(H,10,11,12,13). The minimum Gasteiger partial charge on any atom is -0.319 e. The van der Waals surface area contributed by atoms with Gasteiger partial charge in [0.05, 0.1) is 0 Å². The molecular formula is C8H13N3O2. The number of hydrogen-bond donors (Lipinski definition) is 2. The van der Waals surface area contributed by atoms with E-state index in [-0.39, 0.29) is 11.8 Å². The van der Waals surface area contributed by atoms with Gasteiger partial charge in [0.25, 0.3) is 5.91 Å². The van der Waals surface area contributed by atoms with Crippen molar-refractivity contribution >= 4 is 17.6 Å². The van der Waals surface area contributed by atoms with Crippen LogP contribution in [0.1, 0.15) is 13.3 Å². The SMILES string of the molecule is CNCCC1=NC(=O)C(C)C(=O)N1. The molecule has 2 N–H and O–H groups in total. The molecule has 0 saturated carbocycles. The van der Waals surface area contributed by atoms with Crippen molar-refractivity contribution in [1.29, 1.82) is 0 Å². The molecule has 5 heteroatoms. The van der Waals surface area contributed by atoms with Gasteiger partial charge in [0.1, 0.15) is 11.8 Å². The number of nitrogens with zero attached hydrogens (tertiary/aromatic N) is 1. The summed E-state index contributed by atoms with van der Waals surface area (Å²) in [6.07, 6.45) is 0.570. The Kier molecular flexibility index (Phi) is 3.13. The largest absolute Gasteiger partial charge is 0.319 e. The molecule has 2 amide bonds. The summed E-state index contributed by atoms with van der Waals surface area (Å²) in [7, 11) is 1.80. The maximum atomic E-state index is 11.1. The zero-order chi connectivity index (χ0) is 9.84. The summed E-state index contributed by atoms with van der Waals surface area (Å²) in [5.41, 5.74) is 0. The average Bonchev–Trinajstić information content (AvgIpc) is 2.10. The van der Waals surface area contributed by atoms with E-state index >= 15 is 0 Å². The summed E-state index contributed by atoms with van der Waals surface area (Å²) in [6.45, 7) is 2.25. The van der Waals surface area contributed by atoms with Crippen LogP contribution in [-0.2, 0) is 9.59 Å². The molecule has 0 aromatic heterocycles. The van der Waals surface area contributed by atoms with E-state index in [4.69, 9.17) is 0 Å². The molecule has 0 bridgehead atoms. The smallest absolute Gasteiger partial charge is 0.259 e. The summed E-state index contributed by atoms with van der Waals surface area (Å²) < 4.78 is 0. The molecule has 0 aromatic carbocycles. The molecule has 0 saturated heterocycles. The van der Waals surface area contributed by atoms with Crippen molar-refractivity contribution in [3.8, 4) is 0 Å². The highest BCUT2D eigenvalue weighted by molar-refractivity contribution is 6.15. The number of nitrogens with one attached hydrogen (secondary N) is 2. The van der Waals surface area contributed by atoms with Crippen LogP contribution in [0.5, 0.6) is 0 Å². The lowest BCUT2D eigenvalue weighted by Crippen LogP contribution is -2.43. The predicted molar refractivity (Wildman–Crippen MR) is 48.3 cm³/mol. The van der Waals surface area contributed by atoms with Gasteiger partial charge in [0.2, 0.25) is 5.91 Å². The zero-order valence-corrected chi connectivity index (χ0v) is 7.76. The normalized spacial score (nSPS) is 22.6. The number of amidine groups is 1. The molecule has 0 spiro atoms. The molecule has 72 valence electrons. The second-order valence-corrected chi connectivity index (χ2v) is 2.96. The molecular weight excluding hydrogens is 170 g/mol. The minimum atomic E-state index is -0.640. The van der Waals surface area contributed by atoms with Gasteiger partial charge in [0, 0.05) is 13.0 Å². The van der Waals surface area contributed by atoms with Gasteiger partial charge in [-0.25, -0.2) is 0 Å². The fourth-order valence-electron chi connectivity index (χ4n) is 0.982. The van der Waals surface area contributed by atoms with Crippen LogP contribution in [0.4, 0.5) is 0 Å². The molecule has 1 aliphatic heterocycles. The first kappa shape index (κ1) is 9.85. The topological polar surface area (TPSA) is 70.6 Å². The van der Waals surface area contributed by atoms with Gasteiger partial charge in [0.15, 0.2) is 0 Å². The monoisotopic (exact) mass is 183 g/mol. The van der Waals surface area contributed by atoms with E-state index in [2.05, 4.69) is 15.6 Å². The molecule has 1 heterocycles. The first-order valence-corrected chi connectivity index (χ1v) is 4.22. The first-order valence-electron chi connectivity index (χ1n) is 4.22. The fourth-order valence-corrected chi connectivity index (χ4v) is 0.982. The fraction of sp³-hybridized carbons (Fsp3) is 0.625. The molecule has 1 aliphatic rings. The Morgan fingerprint density at radius 3 is 2.77 bits per heavy atom. The van der Waals surface area contributed by atoms with Crippen molar-refractivity contribution in [1.82, 2.24) is 10.6 Å². The average molecular weight is 183 g/mol. The number of aliphatic imine (C=N–C) groups is 1. The van der Waals surface area contributed by atoms with E-state index in [9.17, 15) is 9.59 Å². The second kappa shape index (κ2) is 4.13. The highest BCUT2D eigenvalue weighted by atomic mass is 16.2. The number of rotatable bonds is 3. The lowest BCUT2D eigenvalue weighted by atomic mass is 10.1. The van der Waals surface area contributed by atoms with Crippen LogP contribution in [0.3, 0.4) is 0 Å². The van der Waals surface area contributed by atoms with Gasteiger partial charge in [-0.15, -0.1) is 0 Å². The van der Waals surface area contributed by atoms with E-state index in [0.29, 0.717) is 18.8 Å². The van der Waals surface area contributed by atoms with Gasteiger partial charge in [-0.2, -0.15) is 4.99 Å². The summed E-state index contributed by atoms with van der Waals surface area (Å²) in [5.74, 6) is -0.790. The first-order chi connectivity index (χ1) is 6.15. The third-order valence-electron chi connectivity index (χ3n) is 1.89. The predicted octanol–water partition coefficient (Wildman–Crippen LogP) is -0.713. The Morgan fingerprint density at radius 2 is 2.23 bits per heavy atom. The van der Waals surface area contributed by atoms with Crippen LogP contribution in [-0.4, -0.2) is 31.2 Å². The molecule has 5 nitrogen and oxygen atoms in total. The number of carbonyl (C=O) groups is 2. The summed E-state index contributed by atoms with van der Waals surface area (Å²) in [6, 6.07) is 0. The third kappa shape index (κ3) is 2.35. The van der Waals surface area contributed by atoms with Gasteiger partial charge in [-0.05, 0) is 14.0 Å². The van der Waals surface area contributed by atoms with E-state index in [1.165, 1.54) is 0 Å². The number of carbonyl (C=O) groups excluding carboxylic acids is 2. The van der Waals surface area contributed by atoms with E-state index in [1.807, 2.05) is 0 Å². The van der Waals surface area contributed by atoms with Crippen LogP contribution < -0.4 is 10.6 Å². The Balaban J connectivity index is 2.62. The Labute approximate surface area is 76.6 Å². The van der Waals surface area contributed by atoms with Crippen molar-refractivity contribution in [2.24, 2.45) is 10.9 Å². The third-order valence-corrected chi connectivity index (χ3v) is 1.89. The number of amides is 2. The molecule has 0 fully saturated rings. The van der Waals surface area contributed by atoms with Crippen LogP contribution in [0.15, 0.2) is 4.99 Å². The van der Waals surface area contributed by atoms with Crippen LogP contribution in [0.25, 0.3) is 0 Å². The zero-order valence-electron chi connectivity index (χ0n) is 7.76. The second-order valence-electron chi connectivity index (χ2n) is 2.96. The molecule has 1 unspecified atom stereocenters. The Bertz CT molecular complexity index is 260. The maximum Gasteiger partial charge on any atom is 0.259 e. The van der Waals surface area contributed by atoms with Crippen LogP contribution in [0.2, 0.25) is 0 Å². The van der Waals surface area contributed by atoms with Crippen LogP contribution in [0, 0.1) is 5.92 Å². The molecule has 0 radical (unpaired) electrons. The van der Waals surface area contributed by atoms with Gasteiger partial charge in [-0.1, -0.05) is 0 Å². The van der Waals surface area contributed by atoms with E-state index in [1.54, 1.807) is 14.0 Å². The van der Waals surface area contributed by atoms with Crippen molar-refractivity contribution in [2.45, 2.75) is 13.3 Å². The van der Waals surface area contributed by atoms with E-state index < -0.39 is 5.92 Å². The van der Waals surface area contributed by atoms with Crippen molar-refractivity contribution < 1.29 is 9.59 Å². The quantitative estimate of drug-likeness (QED) is 0.568. The van der Waals surface area contributed by atoms with Crippen LogP contribution >= 0.6 is 0 Å². The van der Waals surface area contributed by atoms with Gasteiger partial charge >= 0.3 is 0 Å². The van der Waals surface area contributed by atoms with Crippen molar-refractivity contribution in [3.63, 3.8) is 0 Å². The lowest BCUT2D eigenvalue weighted by Gasteiger charge is -2.16. The summed E-state index contributed by atoms with van der Waals surface area (Å²) in [4.78, 5) is 26.0. The lowest BCUT2D eigenvalue weighted by molar-refractivity contribution is -0.132. The van der Waals surface area contributed by atoms with Crippen molar-refractivity contribution in [2.75, 3.05) is 13.6 Å². The highest BCUT2D eigenvalue weighted by Crippen LogP contribution is 2.04. The molecule has 0 aromatic rings. The number of hydrogen-bond acceptors (Lipinski definition) is 3. The molecule has 1 atom stereocenters. The molecule has 0 aliphatic carbocycles. The van der Waals surface area contributed by atoms with Gasteiger partial charge in [-0.3, -0.25) is 9.59 Å². The summed E-state index contributed by atoms with van der Waals surface area (Å²) in [5, 5.41) is 5.49. The van der Waals surface area contributed by atoms with Crippen molar-refractivity contribution in [3.05, 3.63) is 0 Å². The van der Waals surface area contributed by atoms with Gasteiger partial charge < -0.3 is 10.6 Å². The highest BCUT2D eigenvalue weighted by Gasteiger charge is 2.26. The molecule has 13 heavy (non-hydrogen) atoms.